The smallest absolute Gasteiger partial charge is 0.303 e. The minimum absolute atomic E-state index is 0. The Morgan fingerprint density at radius 3 is 2.63 bits per heavy atom. The summed E-state index contributed by atoms with van der Waals surface area (Å²) in [6, 6.07) is 7.17. The van der Waals surface area contributed by atoms with Crippen LogP contribution in [-0.4, -0.2) is 20.7 Å². The van der Waals surface area contributed by atoms with Crippen LogP contribution in [0.5, 0.6) is 0 Å². The van der Waals surface area contributed by atoms with E-state index >= 15 is 0 Å². The Morgan fingerprint density at radius 2 is 2.11 bits per heavy atom. The fraction of sp³-hybridized carbons (Fsp3) is 0.250. The molecule has 1 unspecified atom stereocenters. The van der Waals surface area contributed by atoms with Gasteiger partial charge in [0.05, 0.1) is 6.54 Å². The third kappa shape index (κ3) is 4.54. The van der Waals surface area contributed by atoms with E-state index in [4.69, 9.17) is 16.3 Å². The number of aromatic nitrogens is 3. The summed E-state index contributed by atoms with van der Waals surface area (Å²) < 4.78 is 6.89. The lowest BCUT2D eigenvalue weighted by molar-refractivity contribution is -0.147. The molecule has 0 bridgehead atoms. The fourth-order valence-electron chi connectivity index (χ4n) is 1.59. The van der Waals surface area contributed by atoms with Crippen LogP contribution >= 0.6 is 24.0 Å². The highest BCUT2D eigenvalue weighted by Crippen LogP contribution is 2.21. The lowest BCUT2D eigenvalue weighted by Crippen LogP contribution is -2.15. The number of carbonyl (C=O) groups excluding carboxylic acids is 1. The standard InChI is InChI=1S/C12H12ClN3O2.ClH/c1-9(17)18-12(6-16-8-14-7-15-16)10-2-4-11(13)5-3-10;/h2-5,7-8,12H,6H2,1H3;1H. The predicted octanol–water partition coefficient (Wildman–Crippen LogP) is 2.66. The zero-order chi connectivity index (χ0) is 13.0. The maximum absolute atomic E-state index is 11.1. The molecule has 0 aliphatic heterocycles. The van der Waals surface area contributed by atoms with Crippen LogP contribution < -0.4 is 0 Å². The SMILES string of the molecule is CC(=O)OC(Cn1cncn1)c1ccc(Cl)cc1.Cl. The molecular formula is C12H13Cl2N3O2. The van der Waals surface area contributed by atoms with Gasteiger partial charge in [0, 0.05) is 11.9 Å². The van der Waals surface area contributed by atoms with Gasteiger partial charge in [-0.15, -0.1) is 12.4 Å². The summed E-state index contributed by atoms with van der Waals surface area (Å²) >= 11 is 5.83. The summed E-state index contributed by atoms with van der Waals surface area (Å²) in [5, 5.41) is 4.63. The molecule has 102 valence electrons. The van der Waals surface area contributed by atoms with E-state index in [1.165, 1.54) is 13.3 Å². The lowest BCUT2D eigenvalue weighted by atomic mass is 10.1. The van der Waals surface area contributed by atoms with Gasteiger partial charge in [-0.2, -0.15) is 5.10 Å². The second-order valence-corrected chi connectivity index (χ2v) is 4.20. The maximum Gasteiger partial charge on any atom is 0.303 e. The van der Waals surface area contributed by atoms with Crippen molar-refractivity contribution >= 4 is 30.0 Å². The lowest BCUT2D eigenvalue weighted by Gasteiger charge is -2.17. The molecule has 5 nitrogen and oxygen atoms in total. The molecule has 1 aromatic carbocycles. The summed E-state index contributed by atoms with van der Waals surface area (Å²) in [7, 11) is 0. The van der Waals surface area contributed by atoms with E-state index in [0.717, 1.165) is 5.56 Å². The molecule has 0 amide bonds. The van der Waals surface area contributed by atoms with Gasteiger partial charge in [-0.25, -0.2) is 9.67 Å². The molecule has 1 aromatic heterocycles. The number of hydrogen-bond donors (Lipinski definition) is 0. The van der Waals surface area contributed by atoms with Gasteiger partial charge in [-0.05, 0) is 17.7 Å². The number of benzene rings is 1. The van der Waals surface area contributed by atoms with Gasteiger partial charge in [0.15, 0.2) is 0 Å². The third-order valence-corrected chi connectivity index (χ3v) is 2.62. The Hall–Kier alpha value is -1.59. The van der Waals surface area contributed by atoms with E-state index < -0.39 is 6.10 Å². The number of ether oxygens (including phenoxy) is 1. The average molecular weight is 302 g/mol. The minimum Gasteiger partial charge on any atom is -0.456 e. The molecule has 1 atom stereocenters. The molecule has 0 saturated carbocycles. The highest BCUT2D eigenvalue weighted by molar-refractivity contribution is 6.30. The van der Waals surface area contributed by atoms with Crippen molar-refractivity contribution in [2.75, 3.05) is 0 Å². The molecule has 0 aliphatic rings. The molecule has 0 saturated heterocycles. The number of nitrogens with zero attached hydrogens (tertiary/aromatic N) is 3. The van der Waals surface area contributed by atoms with E-state index in [1.807, 2.05) is 12.1 Å². The highest BCUT2D eigenvalue weighted by atomic mass is 35.5. The molecule has 0 radical (unpaired) electrons. The summed E-state index contributed by atoms with van der Waals surface area (Å²) in [6.07, 6.45) is 2.61. The Morgan fingerprint density at radius 1 is 1.42 bits per heavy atom. The first-order valence-corrected chi connectivity index (χ1v) is 5.78. The van der Waals surface area contributed by atoms with Gasteiger partial charge < -0.3 is 4.74 Å². The van der Waals surface area contributed by atoms with Gasteiger partial charge in [0.1, 0.15) is 18.8 Å². The predicted molar refractivity (Wildman–Crippen MR) is 73.2 cm³/mol. The van der Waals surface area contributed by atoms with Gasteiger partial charge >= 0.3 is 5.97 Å². The first-order valence-electron chi connectivity index (χ1n) is 5.40. The molecule has 1 heterocycles. The van der Waals surface area contributed by atoms with Crippen LogP contribution in [0.4, 0.5) is 0 Å². The van der Waals surface area contributed by atoms with Gasteiger partial charge in [0.25, 0.3) is 0 Å². The molecule has 7 heteroatoms. The first-order chi connectivity index (χ1) is 8.65. The maximum atomic E-state index is 11.1. The van der Waals surface area contributed by atoms with Gasteiger partial charge in [0.2, 0.25) is 0 Å². The van der Waals surface area contributed by atoms with Gasteiger partial charge in [-0.3, -0.25) is 4.79 Å². The first kappa shape index (κ1) is 15.5. The Bertz CT molecular complexity index is 514. The van der Waals surface area contributed by atoms with Crippen LogP contribution in [-0.2, 0) is 16.1 Å². The Labute approximate surface area is 122 Å². The topological polar surface area (TPSA) is 57.0 Å². The van der Waals surface area contributed by atoms with Crippen molar-refractivity contribution < 1.29 is 9.53 Å². The van der Waals surface area contributed by atoms with Crippen molar-refractivity contribution in [1.82, 2.24) is 14.8 Å². The van der Waals surface area contributed by atoms with E-state index in [9.17, 15) is 4.79 Å². The van der Waals surface area contributed by atoms with E-state index in [0.29, 0.717) is 11.6 Å². The summed E-state index contributed by atoms with van der Waals surface area (Å²) in [4.78, 5) is 15.0. The monoisotopic (exact) mass is 301 g/mol. The summed E-state index contributed by atoms with van der Waals surface area (Å²) in [6.45, 7) is 1.80. The van der Waals surface area contributed by atoms with Crippen LogP contribution in [0.1, 0.15) is 18.6 Å². The molecule has 2 rings (SSSR count). The number of rotatable bonds is 4. The van der Waals surface area contributed by atoms with Crippen LogP contribution in [0.3, 0.4) is 0 Å². The second-order valence-electron chi connectivity index (χ2n) is 3.77. The van der Waals surface area contributed by atoms with Crippen molar-refractivity contribution in [2.24, 2.45) is 0 Å². The molecular weight excluding hydrogens is 289 g/mol. The quantitative estimate of drug-likeness (QED) is 0.815. The third-order valence-electron chi connectivity index (χ3n) is 2.37. The largest absolute Gasteiger partial charge is 0.456 e. The fourth-order valence-corrected chi connectivity index (χ4v) is 1.71. The van der Waals surface area contributed by atoms with Crippen molar-refractivity contribution in [3.05, 3.63) is 47.5 Å². The van der Waals surface area contributed by atoms with Crippen LogP contribution in [0.25, 0.3) is 0 Å². The minimum atomic E-state index is -0.401. The van der Waals surface area contributed by atoms with Crippen LogP contribution in [0.15, 0.2) is 36.9 Å². The van der Waals surface area contributed by atoms with Crippen molar-refractivity contribution in [3.63, 3.8) is 0 Å². The van der Waals surface area contributed by atoms with Crippen LogP contribution in [0, 0.1) is 0 Å². The number of halogens is 2. The Balaban J connectivity index is 0.00000180. The Kier molecular flexibility index (Phi) is 5.79. The van der Waals surface area contributed by atoms with Gasteiger partial charge in [-0.1, -0.05) is 23.7 Å². The van der Waals surface area contributed by atoms with E-state index in [2.05, 4.69) is 10.1 Å². The van der Waals surface area contributed by atoms with E-state index in [1.54, 1.807) is 23.1 Å². The number of hydrogen-bond acceptors (Lipinski definition) is 4. The molecule has 0 aliphatic carbocycles. The molecule has 19 heavy (non-hydrogen) atoms. The second kappa shape index (κ2) is 7.11. The molecule has 0 N–H and O–H groups in total. The summed E-state index contributed by atoms with van der Waals surface area (Å²) in [5.74, 6) is -0.338. The molecule has 0 spiro atoms. The summed E-state index contributed by atoms with van der Waals surface area (Å²) in [5.41, 5.74) is 0.866. The normalized spacial score (nSPS) is 11.5. The number of esters is 1. The van der Waals surface area contributed by atoms with Crippen molar-refractivity contribution in [2.45, 2.75) is 19.6 Å². The zero-order valence-electron chi connectivity index (χ0n) is 10.2. The van der Waals surface area contributed by atoms with Crippen molar-refractivity contribution in [3.8, 4) is 0 Å². The van der Waals surface area contributed by atoms with E-state index in [-0.39, 0.29) is 18.4 Å². The number of carbonyl (C=O) groups is 1. The zero-order valence-corrected chi connectivity index (χ0v) is 11.8. The highest BCUT2D eigenvalue weighted by Gasteiger charge is 2.15. The van der Waals surface area contributed by atoms with Crippen LogP contribution in [0.2, 0.25) is 5.02 Å². The molecule has 0 fully saturated rings. The average Bonchev–Trinajstić information content (AvgIpc) is 2.81. The van der Waals surface area contributed by atoms with Crippen molar-refractivity contribution in [1.29, 1.82) is 0 Å². The molecule has 2 aromatic rings.